The molecule has 0 aromatic heterocycles. The molecule has 0 amide bonds. The Labute approximate surface area is 123 Å². The fourth-order valence-electron chi connectivity index (χ4n) is 3.49. The smallest absolute Gasteiger partial charge is 0.323 e. The molecule has 1 fully saturated rings. The molecule has 1 rings (SSSR count). The van der Waals surface area contributed by atoms with Crippen molar-refractivity contribution in [2.75, 3.05) is 13.6 Å². The van der Waals surface area contributed by atoms with Crippen LogP contribution in [0.25, 0.3) is 0 Å². The Hall–Kier alpha value is -0.610. The van der Waals surface area contributed by atoms with Crippen molar-refractivity contribution in [1.29, 1.82) is 0 Å². The van der Waals surface area contributed by atoms with Gasteiger partial charge in [0.25, 0.3) is 0 Å². The number of carbonyl (C=O) groups is 1. The number of hydrogen-bond acceptors (Lipinski definition) is 3. The van der Waals surface area contributed by atoms with Gasteiger partial charge in [0.1, 0.15) is 5.54 Å². The van der Waals surface area contributed by atoms with Crippen LogP contribution in [0.3, 0.4) is 0 Å². The molecule has 0 heterocycles. The summed E-state index contributed by atoms with van der Waals surface area (Å²) in [5.41, 5.74) is -0.831. The Bertz CT molecular complexity index is 322. The lowest BCUT2D eigenvalue weighted by atomic mass is 9.85. The van der Waals surface area contributed by atoms with Crippen LogP contribution < -0.4 is 5.32 Å². The van der Waals surface area contributed by atoms with Gasteiger partial charge in [-0.25, -0.2) is 0 Å². The van der Waals surface area contributed by atoms with Gasteiger partial charge in [0, 0.05) is 12.1 Å². The topological polar surface area (TPSA) is 52.6 Å². The first kappa shape index (κ1) is 17.4. The number of carboxylic acid groups (broad SMARTS) is 1. The van der Waals surface area contributed by atoms with Gasteiger partial charge in [-0.05, 0) is 52.6 Å². The summed E-state index contributed by atoms with van der Waals surface area (Å²) in [6, 6.07) is 0.874. The highest BCUT2D eigenvalue weighted by atomic mass is 16.4. The largest absolute Gasteiger partial charge is 0.480 e. The van der Waals surface area contributed by atoms with E-state index in [1.54, 1.807) is 6.92 Å². The molecular weight excluding hydrogens is 252 g/mol. The van der Waals surface area contributed by atoms with E-state index in [1.165, 1.54) is 25.7 Å². The second-order valence-electron chi connectivity index (χ2n) is 6.81. The lowest BCUT2D eigenvalue weighted by molar-refractivity contribution is -0.145. The summed E-state index contributed by atoms with van der Waals surface area (Å²) < 4.78 is 0. The van der Waals surface area contributed by atoms with Gasteiger partial charge in [0.15, 0.2) is 0 Å². The number of nitrogens with zero attached hydrogens (tertiary/aromatic N) is 1. The molecule has 118 valence electrons. The average Bonchev–Trinajstić information content (AvgIpc) is 2.37. The number of likely N-dealkylation sites (N-methyl/N-ethyl adjacent to an activating group) is 1. The van der Waals surface area contributed by atoms with E-state index in [4.69, 9.17) is 0 Å². The Kier molecular flexibility index (Phi) is 6.46. The second-order valence-corrected chi connectivity index (χ2v) is 6.81. The number of hydrogen-bond donors (Lipinski definition) is 2. The van der Waals surface area contributed by atoms with Crippen molar-refractivity contribution in [2.24, 2.45) is 5.92 Å². The molecule has 1 aliphatic rings. The molecule has 4 heteroatoms. The maximum absolute atomic E-state index is 11.5. The summed E-state index contributed by atoms with van der Waals surface area (Å²) >= 11 is 0. The third-order valence-corrected chi connectivity index (χ3v) is 4.92. The van der Waals surface area contributed by atoms with Gasteiger partial charge in [-0.15, -0.1) is 0 Å². The van der Waals surface area contributed by atoms with Gasteiger partial charge in [0.2, 0.25) is 0 Å². The maximum atomic E-state index is 11.5. The van der Waals surface area contributed by atoms with Crippen LogP contribution >= 0.6 is 0 Å². The highest BCUT2D eigenvalue weighted by Crippen LogP contribution is 2.29. The zero-order chi connectivity index (χ0) is 15.3. The van der Waals surface area contributed by atoms with E-state index < -0.39 is 11.5 Å². The van der Waals surface area contributed by atoms with Crippen LogP contribution in [0.5, 0.6) is 0 Å². The van der Waals surface area contributed by atoms with Crippen LogP contribution in [0.4, 0.5) is 0 Å². The zero-order valence-corrected chi connectivity index (χ0v) is 13.8. The number of rotatable bonds is 7. The predicted molar refractivity (Wildman–Crippen MR) is 83.0 cm³/mol. The quantitative estimate of drug-likeness (QED) is 0.755. The lowest BCUT2D eigenvalue weighted by Crippen LogP contribution is -2.54. The van der Waals surface area contributed by atoms with Crippen molar-refractivity contribution in [3.05, 3.63) is 0 Å². The molecule has 4 atom stereocenters. The van der Waals surface area contributed by atoms with E-state index in [0.29, 0.717) is 19.0 Å². The molecule has 4 nitrogen and oxygen atoms in total. The van der Waals surface area contributed by atoms with Gasteiger partial charge in [-0.2, -0.15) is 0 Å². The highest BCUT2D eigenvalue weighted by Gasteiger charge is 2.36. The van der Waals surface area contributed by atoms with Crippen LogP contribution in [0, 0.1) is 5.92 Å². The molecule has 0 aromatic carbocycles. The molecule has 1 saturated carbocycles. The Morgan fingerprint density at radius 1 is 1.50 bits per heavy atom. The number of aliphatic carboxylic acids is 1. The monoisotopic (exact) mass is 284 g/mol. The maximum Gasteiger partial charge on any atom is 0.323 e. The summed E-state index contributed by atoms with van der Waals surface area (Å²) in [4.78, 5) is 13.9. The molecule has 0 bridgehead atoms. The van der Waals surface area contributed by atoms with Crippen molar-refractivity contribution in [3.63, 3.8) is 0 Å². The second kappa shape index (κ2) is 7.41. The first-order valence-corrected chi connectivity index (χ1v) is 8.00. The minimum absolute atomic E-state index is 0.269. The van der Waals surface area contributed by atoms with Crippen molar-refractivity contribution in [1.82, 2.24) is 10.2 Å². The minimum Gasteiger partial charge on any atom is -0.480 e. The first-order valence-electron chi connectivity index (χ1n) is 8.00. The summed E-state index contributed by atoms with van der Waals surface area (Å²) in [5, 5.41) is 12.6. The zero-order valence-electron chi connectivity index (χ0n) is 13.8. The summed E-state index contributed by atoms with van der Waals surface area (Å²) in [7, 11) is 2.15. The van der Waals surface area contributed by atoms with Gasteiger partial charge in [-0.3, -0.25) is 4.79 Å². The van der Waals surface area contributed by atoms with Crippen molar-refractivity contribution < 1.29 is 9.90 Å². The molecule has 20 heavy (non-hydrogen) atoms. The molecule has 0 aliphatic heterocycles. The molecule has 0 radical (unpaired) electrons. The Balaban J connectivity index is 2.63. The van der Waals surface area contributed by atoms with E-state index in [-0.39, 0.29) is 6.04 Å². The molecule has 2 N–H and O–H groups in total. The Morgan fingerprint density at radius 2 is 2.15 bits per heavy atom. The standard InChI is InChI=1S/C16H32N2O2/c1-6-17-16(4,15(19)20)11-13(3)18(5)14-9-7-8-12(2)10-14/h12-14,17H,6-11H2,1-5H3,(H,19,20). The van der Waals surface area contributed by atoms with E-state index in [0.717, 1.165) is 5.92 Å². The Morgan fingerprint density at radius 3 is 2.65 bits per heavy atom. The van der Waals surface area contributed by atoms with E-state index in [1.807, 2.05) is 6.92 Å². The third kappa shape index (κ3) is 4.45. The van der Waals surface area contributed by atoms with E-state index in [9.17, 15) is 9.90 Å². The first-order chi connectivity index (χ1) is 9.30. The van der Waals surface area contributed by atoms with Gasteiger partial charge in [-0.1, -0.05) is 26.7 Å². The molecule has 0 saturated heterocycles. The van der Waals surface area contributed by atoms with E-state index >= 15 is 0 Å². The SMILES string of the molecule is CCNC(C)(CC(C)N(C)C1CCCC(C)C1)C(=O)O. The van der Waals surface area contributed by atoms with Crippen LogP contribution in [-0.2, 0) is 4.79 Å². The predicted octanol–water partition coefficient (Wildman–Crippen LogP) is 2.73. The van der Waals surface area contributed by atoms with Gasteiger partial charge < -0.3 is 15.3 Å². The number of nitrogens with one attached hydrogen (secondary N) is 1. The highest BCUT2D eigenvalue weighted by molar-refractivity contribution is 5.78. The van der Waals surface area contributed by atoms with E-state index in [2.05, 4.69) is 31.1 Å². The molecule has 1 aliphatic carbocycles. The minimum atomic E-state index is -0.831. The fourth-order valence-corrected chi connectivity index (χ4v) is 3.49. The van der Waals surface area contributed by atoms with Crippen LogP contribution in [0.2, 0.25) is 0 Å². The van der Waals surface area contributed by atoms with Gasteiger partial charge >= 0.3 is 5.97 Å². The van der Waals surface area contributed by atoms with Crippen LogP contribution in [0.15, 0.2) is 0 Å². The van der Waals surface area contributed by atoms with Crippen molar-refractivity contribution >= 4 is 5.97 Å². The normalized spacial score (nSPS) is 28.1. The van der Waals surface area contributed by atoms with Crippen LogP contribution in [-0.4, -0.2) is 47.2 Å². The fraction of sp³-hybridized carbons (Fsp3) is 0.938. The summed E-state index contributed by atoms with van der Waals surface area (Å²) in [5.74, 6) is 0.0413. The van der Waals surface area contributed by atoms with Gasteiger partial charge in [0.05, 0.1) is 0 Å². The van der Waals surface area contributed by atoms with Crippen LogP contribution in [0.1, 0.15) is 59.8 Å². The number of carboxylic acids is 1. The molecule has 0 aromatic rings. The third-order valence-electron chi connectivity index (χ3n) is 4.92. The lowest BCUT2D eigenvalue weighted by Gasteiger charge is -2.40. The molecular formula is C16H32N2O2. The molecule has 0 spiro atoms. The summed E-state index contributed by atoms with van der Waals surface area (Å²) in [6.45, 7) is 8.91. The molecule has 4 unspecified atom stereocenters. The summed E-state index contributed by atoms with van der Waals surface area (Å²) in [6.07, 6.45) is 5.76. The van der Waals surface area contributed by atoms with Crippen molar-refractivity contribution in [2.45, 2.75) is 77.4 Å². The average molecular weight is 284 g/mol. The van der Waals surface area contributed by atoms with Crippen molar-refractivity contribution in [3.8, 4) is 0 Å².